The van der Waals surface area contributed by atoms with Gasteiger partial charge in [-0.15, -0.1) is 0 Å². The molecule has 1 fully saturated rings. The van der Waals surface area contributed by atoms with Crippen molar-refractivity contribution in [3.63, 3.8) is 0 Å². The van der Waals surface area contributed by atoms with Gasteiger partial charge >= 0.3 is 0 Å². The van der Waals surface area contributed by atoms with Crippen LogP contribution < -0.4 is 0 Å². The van der Waals surface area contributed by atoms with E-state index in [1.165, 1.54) is 11.1 Å². The predicted molar refractivity (Wildman–Crippen MR) is 120 cm³/mol. The molecule has 2 aromatic heterocycles. The van der Waals surface area contributed by atoms with Crippen LogP contribution in [0.4, 0.5) is 0 Å². The van der Waals surface area contributed by atoms with Gasteiger partial charge in [0, 0.05) is 56.8 Å². The minimum atomic E-state index is -0.0231. The summed E-state index contributed by atoms with van der Waals surface area (Å²) in [4.78, 5) is 16.1. The van der Waals surface area contributed by atoms with Crippen molar-refractivity contribution in [1.82, 2.24) is 19.9 Å². The Morgan fingerprint density at radius 1 is 1.06 bits per heavy atom. The van der Waals surface area contributed by atoms with Crippen LogP contribution in [0.15, 0.2) is 54.9 Å². The lowest BCUT2D eigenvalue weighted by atomic mass is 10.0. The van der Waals surface area contributed by atoms with Crippen LogP contribution in [0.1, 0.15) is 40.0 Å². The number of rotatable bonds is 8. The van der Waals surface area contributed by atoms with E-state index in [1.54, 1.807) is 7.11 Å². The van der Waals surface area contributed by atoms with Crippen molar-refractivity contribution in [2.75, 3.05) is 33.4 Å². The summed E-state index contributed by atoms with van der Waals surface area (Å²) in [5.74, 6) is 0.820. The molecule has 0 unspecified atom stereocenters. The van der Waals surface area contributed by atoms with Crippen LogP contribution in [0.3, 0.4) is 0 Å². The molecule has 6 nitrogen and oxygen atoms in total. The maximum atomic E-state index is 6.11. The number of ether oxygens (including phenoxy) is 2. The SMILES string of the molecule is COCCc1ncc(CN2CCO[C@H](c3cc(Cc4ccccc4)cc(C)n3)C2)cn1. The molecule has 3 aromatic rings. The van der Waals surface area contributed by atoms with Crippen LogP contribution in [0.5, 0.6) is 0 Å². The topological polar surface area (TPSA) is 60.4 Å². The molecule has 0 spiro atoms. The molecule has 162 valence electrons. The maximum absolute atomic E-state index is 6.11. The fourth-order valence-corrected chi connectivity index (χ4v) is 3.94. The summed E-state index contributed by atoms with van der Waals surface area (Å²) in [7, 11) is 1.69. The molecule has 0 radical (unpaired) electrons. The fourth-order valence-electron chi connectivity index (χ4n) is 3.94. The van der Waals surface area contributed by atoms with Crippen molar-refractivity contribution in [1.29, 1.82) is 0 Å². The second kappa shape index (κ2) is 10.6. The van der Waals surface area contributed by atoms with E-state index >= 15 is 0 Å². The molecule has 3 heterocycles. The quantitative estimate of drug-likeness (QED) is 0.558. The molecule has 0 amide bonds. The normalized spacial score (nSPS) is 17.0. The van der Waals surface area contributed by atoms with Crippen LogP contribution in [0.25, 0.3) is 0 Å². The highest BCUT2D eigenvalue weighted by Crippen LogP contribution is 2.24. The van der Waals surface area contributed by atoms with Crippen molar-refractivity contribution in [3.05, 3.63) is 88.8 Å². The van der Waals surface area contributed by atoms with Crippen LogP contribution in [-0.2, 0) is 28.9 Å². The van der Waals surface area contributed by atoms with E-state index in [2.05, 4.69) is 64.3 Å². The third-order valence-corrected chi connectivity index (χ3v) is 5.46. The van der Waals surface area contributed by atoms with E-state index in [0.717, 1.165) is 55.3 Å². The highest BCUT2D eigenvalue weighted by atomic mass is 16.5. The minimum absolute atomic E-state index is 0.0231. The van der Waals surface area contributed by atoms with Crippen LogP contribution in [0, 0.1) is 6.92 Å². The molecule has 31 heavy (non-hydrogen) atoms. The van der Waals surface area contributed by atoms with Gasteiger partial charge in [0.25, 0.3) is 0 Å². The van der Waals surface area contributed by atoms with Crippen LogP contribution >= 0.6 is 0 Å². The Hall–Kier alpha value is -2.67. The average Bonchev–Trinajstić information content (AvgIpc) is 2.79. The van der Waals surface area contributed by atoms with Crippen LogP contribution in [0.2, 0.25) is 0 Å². The number of morpholine rings is 1. The van der Waals surface area contributed by atoms with Gasteiger partial charge in [-0.2, -0.15) is 0 Å². The van der Waals surface area contributed by atoms with E-state index in [4.69, 9.17) is 14.5 Å². The van der Waals surface area contributed by atoms with Gasteiger partial charge in [0.2, 0.25) is 0 Å². The van der Waals surface area contributed by atoms with Gasteiger partial charge in [-0.25, -0.2) is 9.97 Å². The lowest BCUT2D eigenvalue weighted by molar-refractivity contribution is -0.0351. The molecule has 4 rings (SSSR count). The molecule has 0 N–H and O–H groups in total. The molecule has 0 bridgehead atoms. The lowest BCUT2D eigenvalue weighted by Crippen LogP contribution is -2.38. The first-order valence-corrected chi connectivity index (χ1v) is 10.8. The standard InChI is InChI=1S/C25H30N4O2/c1-19-12-21(13-20-6-4-3-5-7-20)14-23(28-19)24-18-29(9-11-31-24)17-22-15-26-25(27-16-22)8-10-30-2/h3-7,12,14-16,24H,8-11,13,17-18H2,1-2H3/t24-/m0/s1. The lowest BCUT2D eigenvalue weighted by Gasteiger charge is -2.32. The first-order valence-electron chi connectivity index (χ1n) is 10.8. The number of methoxy groups -OCH3 is 1. The van der Waals surface area contributed by atoms with Gasteiger partial charge in [0.05, 0.1) is 18.9 Å². The number of pyridine rings is 1. The Kier molecular flexibility index (Phi) is 7.35. The molecule has 1 aliphatic rings. The Morgan fingerprint density at radius 3 is 2.65 bits per heavy atom. The summed E-state index contributed by atoms with van der Waals surface area (Å²) >= 11 is 0. The second-order valence-electron chi connectivity index (χ2n) is 8.05. The van der Waals surface area contributed by atoms with Crippen molar-refractivity contribution in [2.24, 2.45) is 0 Å². The smallest absolute Gasteiger partial charge is 0.130 e. The van der Waals surface area contributed by atoms with E-state index < -0.39 is 0 Å². The molecule has 1 aliphatic heterocycles. The summed E-state index contributed by atoms with van der Waals surface area (Å²) in [6.45, 7) is 5.91. The van der Waals surface area contributed by atoms with E-state index in [9.17, 15) is 0 Å². The van der Waals surface area contributed by atoms with Crippen molar-refractivity contribution < 1.29 is 9.47 Å². The van der Waals surface area contributed by atoms with Gasteiger partial charge < -0.3 is 9.47 Å². The van der Waals surface area contributed by atoms with E-state index in [-0.39, 0.29) is 6.10 Å². The fraction of sp³-hybridized carbons (Fsp3) is 0.400. The van der Waals surface area contributed by atoms with Gasteiger partial charge in [-0.05, 0) is 36.6 Å². The van der Waals surface area contributed by atoms with Gasteiger partial charge in [0.15, 0.2) is 0 Å². The molecule has 0 aliphatic carbocycles. The van der Waals surface area contributed by atoms with Crippen molar-refractivity contribution in [2.45, 2.75) is 32.4 Å². The summed E-state index contributed by atoms with van der Waals surface area (Å²) < 4.78 is 11.2. The Balaban J connectivity index is 1.41. The summed E-state index contributed by atoms with van der Waals surface area (Å²) in [5, 5.41) is 0. The molecule has 1 atom stereocenters. The number of aromatic nitrogens is 3. The molecular weight excluding hydrogens is 388 g/mol. The molecule has 1 aromatic carbocycles. The van der Waals surface area contributed by atoms with Gasteiger partial charge in [-0.3, -0.25) is 9.88 Å². The number of nitrogens with zero attached hydrogens (tertiary/aromatic N) is 4. The first kappa shape index (κ1) is 21.6. The van der Waals surface area contributed by atoms with Crippen molar-refractivity contribution >= 4 is 0 Å². The largest absolute Gasteiger partial charge is 0.384 e. The number of hydrogen-bond acceptors (Lipinski definition) is 6. The molecular formula is C25H30N4O2. The first-order chi connectivity index (χ1) is 15.2. The summed E-state index contributed by atoms with van der Waals surface area (Å²) in [6.07, 6.45) is 5.46. The highest BCUT2D eigenvalue weighted by molar-refractivity contribution is 5.29. The van der Waals surface area contributed by atoms with Gasteiger partial charge in [-0.1, -0.05) is 30.3 Å². The highest BCUT2D eigenvalue weighted by Gasteiger charge is 2.24. The third kappa shape index (κ3) is 6.17. The summed E-state index contributed by atoms with van der Waals surface area (Å²) in [6, 6.07) is 14.9. The second-order valence-corrected chi connectivity index (χ2v) is 8.05. The zero-order valence-corrected chi connectivity index (χ0v) is 18.3. The zero-order chi connectivity index (χ0) is 21.5. The monoisotopic (exact) mass is 418 g/mol. The molecule has 0 saturated carbocycles. The third-order valence-electron chi connectivity index (χ3n) is 5.46. The van der Waals surface area contributed by atoms with Gasteiger partial charge in [0.1, 0.15) is 11.9 Å². The van der Waals surface area contributed by atoms with E-state index in [1.807, 2.05) is 12.4 Å². The Morgan fingerprint density at radius 2 is 1.87 bits per heavy atom. The summed E-state index contributed by atoms with van der Waals surface area (Å²) in [5.41, 5.74) is 5.74. The maximum Gasteiger partial charge on any atom is 0.130 e. The predicted octanol–water partition coefficient (Wildman–Crippen LogP) is 3.53. The number of hydrogen-bond donors (Lipinski definition) is 0. The zero-order valence-electron chi connectivity index (χ0n) is 18.3. The number of aryl methyl sites for hydroxylation is 1. The van der Waals surface area contributed by atoms with E-state index in [0.29, 0.717) is 13.2 Å². The number of benzene rings is 1. The average molecular weight is 419 g/mol. The van der Waals surface area contributed by atoms with Crippen molar-refractivity contribution in [3.8, 4) is 0 Å². The van der Waals surface area contributed by atoms with Crippen LogP contribution in [-0.4, -0.2) is 53.3 Å². The minimum Gasteiger partial charge on any atom is -0.384 e. The Labute approximate surface area is 184 Å². The Bertz CT molecular complexity index is 963. The molecule has 6 heteroatoms. The molecule has 1 saturated heterocycles.